The number of halogens is 1. The minimum absolute atomic E-state index is 0.0716. The van der Waals surface area contributed by atoms with Crippen LogP contribution in [0.4, 0.5) is 21.5 Å². The molecule has 2 fully saturated rings. The molecule has 6 nitrogen and oxygen atoms in total. The Kier molecular flexibility index (Phi) is 5.72. The number of amides is 2. The summed E-state index contributed by atoms with van der Waals surface area (Å²) in [5, 5.41) is 2.77. The van der Waals surface area contributed by atoms with E-state index in [9.17, 15) is 14.0 Å². The molecule has 2 aromatic carbocycles. The molecular formula is C23H26FN3O3. The smallest absolute Gasteiger partial charge is 0.229 e. The van der Waals surface area contributed by atoms with Gasteiger partial charge < -0.3 is 19.9 Å². The van der Waals surface area contributed by atoms with E-state index in [1.54, 1.807) is 17.0 Å². The topological polar surface area (TPSA) is 61.9 Å². The van der Waals surface area contributed by atoms with E-state index in [0.29, 0.717) is 44.2 Å². The molecule has 0 aromatic heterocycles. The summed E-state index contributed by atoms with van der Waals surface area (Å²) >= 11 is 0. The van der Waals surface area contributed by atoms with Gasteiger partial charge in [0.2, 0.25) is 11.8 Å². The van der Waals surface area contributed by atoms with Crippen molar-refractivity contribution in [3.8, 4) is 0 Å². The number of anilines is 3. The summed E-state index contributed by atoms with van der Waals surface area (Å²) in [6.45, 7) is 6.73. The van der Waals surface area contributed by atoms with Crippen molar-refractivity contribution in [2.45, 2.75) is 20.3 Å². The highest BCUT2D eigenvalue weighted by Crippen LogP contribution is 2.30. The van der Waals surface area contributed by atoms with Gasteiger partial charge in [-0.2, -0.15) is 0 Å². The van der Waals surface area contributed by atoms with E-state index in [2.05, 4.69) is 5.32 Å². The lowest BCUT2D eigenvalue weighted by Crippen LogP contribution is -2.36. The number of aryl methyl sites for hydroxylation is 1. The number of carbonyl (C=O) groups excluding carboxylic acids is 2. The molecular weight excluding hydrogens is 385 g/mol. The average Bonchev–Trinajstić information content (AvgIpc) is 3.12. The van der Waals surface area contributed by atoms with Crippen molar-refractivity contribution in [1.29, 1.82) is 0 Å². The fourth-order valence-electron chi connectivity index (χ4n) is 4.03. The van der Waals surface area contributed by atoms with E-state index in [1.165, 1.54) is 6.07 Å². The van der Waals surface area contributed by atoms with E-state index >= 15 is 0 Å². The van der Waals surface area contributed by atoms with Crippen molar-refractivity contribution < 1.29 is 18.7 Å². The normalized spacial score (nSPS) is 19.3. The predicted molar refractivity (Wildman–Crippen MR) is 114 cm³/mol. The van der Waals surface area contributed by atoms with Gasteiger partial charge in [-0.15, -0.1) is 0 Å². The van der Waals surface area contributed by atoms with Crippen LogP contribution in [-0.4, -0.2) is 44.7 Å². The maximum Gasteiger partial charge on any atom is 0.229 e. The summed E-state index contributed by atoms with van der Waals surface area (Å²) in [4.78, 5) is 28.9. The molecule has 2 aromatic rings. The lowest BCUT2D eigenvalue weighted by molar-refractivity contribution is -0.122. The van der Waals surface area contributed by atoms with Crippen LogP contribution in [0.5, 0.6) is 0 Å². The molecule has 0 radical (unpaired) electrons. The molecule has 0 spiro atoms. The van der Waals surface area contributed by atoms with Gasteiger partial charge in [-0.05, 0) is 49.2 Å². The fraction of sp³-hybridized carbons (Fsp3) is 0.391. The monoisotopic (exact) mass is 411 g/mol. The Morgan fingerprint density at radius 1 is 1.13 bits per heavy atom. The molecule has 2 heterocycles. The number of hydrogen-bond donors (Lipinski definition) is 1. The Morgan fingerprint density at radius 3 is 2.63 bits per heavy atom. The Morgan fingerprint density at radius 2 is 1.90 bits per heavy atom. The number of benzene rings is 2. The molecule has 0 saturated carbocycles. The Balaban J connectivity index is 1.43. The highest BCUT2D eigenvalue weighted by atomic mass is 19.1. The number of ether oxygens (including phenoxy) is 1. The minimum Gasteiger partial charge on any atom is -0.378 e. The SMILES string of the molecule is Cc1cccc(N2CC(C(=O)Nc3ccc(N4CCOCC4)c(F)c3)CC2=O)c1C. The van der Waals surface area contributed by atoms with Crippen molar-refractivity contribution in [1.82, 2.24) is 0 Å². The third kappa shape index (κ3) is 4.03. The summed E-state index contributed by atoms with van der Waals surface area (Å²) < 4.78 is 19.9. The molecule has 2 aliphatic heterocycles. The Labute approximate surface area is 175 Å². The fourth-order valence-corrected chi connectivity index (χ4v) is 4.03. The predicted octanol–water partition coefficient (Wildman–Crippen LogP) is 3.27. The second kappa shape index (κ2) is 8.44. The summed E-state index contributed by atoms with van der Waals surface area (Å²) in [6.07, 6.45) is 0.146. The molecule has 0 aliphatic carbocycles. The molecule has 0 bridgehead atoms. The first kappa shape index (κ1) is 20.3. The second-order valence-electron chi connectivity index (χ2n) is 7.88. The van der Waals surface area contributed by atoms with Crippen LogP contribution in [0.25, 0.3) is 0 Å². The van der Waals surface area contributed by atoms with Crippen LogP contribution in [0.1, 0.15) is 17.5 Å². The van der Waals surface area contributed by atoms with Gasteiger partial charge in [-0.25, -0.2) is 4.39 Å². The van der Waals surface area contributed by atoms with Crippen LogP contribution in [0.15, 0.2) is 36.4 Å². The van der Waals surface area contributed by atoms with Gasteiger partial charge in [-0.3, -0.25) is 9.59 Å². The maximum absolute atomic E-state index is 14.6. The zero-order valence-corrected chi connectivity index (χ0v) is 17.3. The molecule has 4 rings (SSSR count). The molecule has 30 heavy (non-hydrogen) atoms. The van der Waals surface area contributed by atoms with E-state index in [-0.39, 0.29) is 24.1 Å². The van der Waals surface area contributed by atoms with Crippen LogP contribution < -0.4 is 15.1 Å². The molecule has 2 amide bonds. The van der Waals surface area contributed by atoms with Crippen molar-refractivity contribution >= 4 is 28.9 Å². The lowest BCUT2D eigenvalue weighted by atomic mass is 10.1. The van der Waals surface area contributed by atoms with Crippen molar-refractivity contribution in [3.05, 3.63) is 53.3 Å². The lowest BCUT2D eigenvalue weighted by Gasteiger charge is -2.29. The number of carbonyl (C=O) groups is 2. The highest BCUT2D eigenvalue weighted by molar-refractivity contribution is 6.04. The number of hydrogen-bond acceptors (Lipinski definition) is 4. The first-order chi connectivity index (χ1) is 14.4. The average molecular weight is 411 g/mol. The molecule has 158 valence electrons. The van der Waals surface area contributed by atoms with Crippen molar-refractivity contribution in [3.63, 3.8) is 0 Å². The number of nitrogens with one attached hydrogen (secondary N) is 1. The third-order valence-corrected chi connectivity index (χ3v) is 5.93. The van der Waals surface area contributed by atoms with E-state index in [0.717, 1.165) is 16.8 Å². The largest absolute Gasteiger partial charge is 0.378 e. The minimum atomic E-state index is -0.473. The van der Waals surface area contributed by atoms with Crippen LogP contribution in [0.2, 0.25) is 0 Å². The molecule has 2 aliphatic rings. The summed E-state index contributed by atoms with van der Waals surface area (Å²) in [7, 11) is 0. The Hall–Kier alpha value is -2.93. The summed E-state index contributed by atoms with van der Waals surface area (Å²) in [6, 6.07) is 10.5. The summed E-state index contributed by atoms with van der Waals surface area (Å²) in [5.74, 6) is -1.19. The molecule has 1 N–H and O–H groups in total. The standard InChI is InChI=1S/C23H26FN3O3/c1-15-4-3-5-20(16(15)2)27-14-17(12-22(27)28)23(29)25-18-6-7-21(19(24)13-18)26-8-10-30-11-9-26/h3-7,13,17H,8-12,14H2,1-2H3,(H,25,29). The van der Waals surface area contributed by atoms with Crippen LogP contribution >= 0.6 is 0 Å². The zero-order valence-electron chi connectivity index (χ0n) is 17.3. The van der Waals surface area contributed by atoms with Crippen LogP contribution in [0.3, 0.4) is 0 Å². The maximum atomic E-state index is 14.6. The van der Waals surface area contributed by atoms with Crippen molar-refractivity contribution in [2.24, 2.45) is 5.92 Å². The Bertz CT molecular complexity index is 972. The molecule has 1 atom stereocenters. The van der Waals surface area contributed by atoms with Gasteiger partial charge in [0.1, 0.15) is 5.82 Å². The van der Waals surface area contributed by atoms with Gasteiger partial charge in [-0.1, -0.05) is 12.1 Å². The van der Waals surface area contributed by atoms with Crippen molar-refractivity contribution in [2.75, 3.05) is 48.0 Å². The number of nitrogens with zero attached hydrogens (tertiary/aromatic N) is 2. The van der Waals surface area contributed by atoms with Gasteiger partial charge >= 0.3 is 0 Å². The first-order valence-corrected chi connectivity index (χ1v) is 10.2. The molecule has 2 saturated heterocycles. The molecule has 7 heteroatoms. The van der Waals surface area contributed by atoms with E-state index < -0.39 is 5.92 Å². The first-order valence-electron chi connectivity index (χ1n) is 10.2. The van der Waals surface area contributed by atoms with Crippen LogP contribution in [0, 0.1) is 25.6 Å². The van der Waals surface area contributed by atoms with E-state index in [4.69, 9.17) is 4.74 Å². The molecule has 1 unspecified atom stereocenters. The zero-order chi connectivity index (χ0) is 21.3. The highest BCUT2D eigenvalue weighted by Gasteiger charge is 2.36. The van der Waals surface area contributed by atoms with Gasteiger partial charge in [0.25, 0.3) is 0 Å². The van der Waals surface area contributed by atoms with E-state index in [1.807, 2.05) is 36.9 Å². The number of morpholine rings is 1. The second-order valence-corrected chi connectivity index (χ2v) is 7.88. The number of rotatable bonds is 4. The third-order valence-electron chi connectivity index (χ3n) is 5.93. The quantitative estimate of drug-likeness (QED) is 0.839. The summed E-state index contributed by atoms with van der Waals surface area (Å²) in [5.41, 5.74) is 3.88. The van der Waals surface area contributed by atoms with Gasteiger partial charge in [0, 0.05) is 37.4 Å². The van der Waals surface area contributed by atoms with Gasteiger partial charge in [0.15, 0.2) is 0 Å². The van der Waals surface area contributed by atoms with Gasteiger partial charge in [0.05, 0.1) is 24.8 Å². The van der Waals surface area contributed by atoms with Crippen LogP contribution in [-0.2, 0) is 14.3 Å².